The van der Waals surface area contributed by atoms with Crippen LogP contribution in [0.4, 0.5) is 5.82 Å². The first kappa shape index (κ1) is 13.0. The second kappa shape index (κ2) is 5.92. The molecule has 18 heavy (non-hydrogen) atoms. The summed E-state index contributed by atoms with van der Waals surface area (Å²) in [6.07, 6.45) is 2.94. The molecule has 0 bridgehead atoms. The van der Waals surface area contributed by atoms with Crippen LogP contribution in [0, 0.1) is 0 Å². The zero-order valence-electron chi connectivity index (χ0n) is 9.51. The molecular formula is C11H10BrN3O2S. The van der Waals surface area contributed by atoms with Crippen molar-refractivity contribution in [1.29, 1.82) is 0 Å². The van der Waals surface area contributed by atoms with Crippen molar-refractivity contribution in [1.82, 2.24) is 9.97 Å². The Bertz CT molecular complexity index is 559. The van der Waals surface area contributed by atoms with Crippen molar-refractivity contribution >= 4 is 39.1 Å². The average Bonchev–Trinajstić information content (AvgIpc) is 2.81. The number of anilines is 1. The molecule has 1 N–H and O–H groups in total. The van der Waals surface area contributed by atoms with Crippen LogP contribution >= 0.6 is 27.3 Å². The monoisotopic (exact) mass is 327 g/mol. The van der Waals surface area contributed by atoms with Gasteiger partial charge in [-0.25, -0.2) is 9.78 Å². The molecule has 0 aliphatic heterocycles. The minimum atomic E-state index is -0.495. The van der Waals surface area contributed by atoms with Crippen LogP contribution in [-0.2, 0) is 11.3 Å². The Balaban J connectivity index is 2.03. The minimum absolute atomic E-state index is 0.190. The van der Waals surface area contributed by atoms with E-state index < -0.39 is 5.97 Å². The number of carbonyl (C=O) groups is 1. The highest BCUT2D eigenvalue weighted by atomic mass is 79.9. The van der Waals surface area contributed by atoms with E-state index in [-0.39, 0.29) is 5.69 Å². The summed E-state index contributed by atoms with van der Waals surface area (Å²) in [6, 6.07) is 4.00. The molecule has 2 rings (SSSR count). The van der Waals surface area contributed by atoms with E-state index in [1.54, 1.807) is 17.5 Å². The number of nitrogens with zero attached hydrogens (tertiary/aromatic N) is 2. The zero-order chi connectivity index (χ0) is 13.0. The van der Waals surface area contributed by atoms with Crippen molar-refractivity contribution in [2.45, 2.75) is 6.54 Å². The maximum Gasteiger partial charge on any atom is 0.358 e. The van der Waals surface area contributed by atoms with Gasteiger partial charge in [-0.1, -0.05) is 0 Å². The molecule has 0 spiro atoms. The van der Waals surface area contributed by atoms with Gasteiger partial charge in [0.05, 0.1) is 29.8 Å². The summed E-state index contributed by atoms with van der Waals surface area (Å²) in [7, 11) is 1.31. The number of nitrogens with one attached hydrogen (secondary N) is 1. The fraction of sp³-hybridized carbons (Fsp3) is 0.182. The molecule has 0 amide bonds. The van der Waals surface area contributed by atoms with Crippen LogP contribution in [-0.4, -0.2) is 23.0 Å². The zero-order valence-corrected chi connectivity index (χ0v) is 11.9. The van der Waals surface area contributed by atoms with Crippen LogP contribution in [0.2, 0.25) is 0 Å². The lowest BCUT2D eigenvalue weighted by Crippen LogP contribution is -2.08. The van der Waals surface area contributed by atoms with Gasteiger partial charge in [-0.2, -0.15) is 0 Å². The summed E-state index contributed by atoms with van der Waals surface area (Å²) in [4.78, 5) is 20.5. The van der Waals surface area contributed by atoms with Gasteiger partial charge >= 0.3 is 5.97 Å². The van der Waals surface area contributed by atoms with Gasteiger partial charge in [0.25, 0.3) is 0 Å². The highest BCUT2D eigenvalue weighted by Gasteiger charge is 2.08. The van der Waals surface area contributed by atoms with Crippen molar-refractivity contribution in [2.24, 2.45) is 0 Å². The highest BCUT2D eigenvalue weighted by Crippen LogP contribution is 2.22. The van der Waals surface area contributed by atoms with E-state index >= 15 is 0 Å². The van der Waals surface area contributed by atoms with Gasteiger partial charge < -0.3 is 10.1 Å². The van der Waals surface area contributed by atoms with Gasteiger partial charge in [-0.05, 0) is 28.1 Å². The van der Waals surface area contributed by atoms with E-state index in [0.717, 1.165) is 8.66 Å². The van der Waals surface area contributed by atoms with E-state index in [9.17, 15) is 4.79 Å². The Morgan fingerprint density at radius 1 is 1.50 bits per heavy atom. The molecule has 2 aromatic heterocycles. The van der Waals surface area contributed by atoms with Crippen molar-refractivity contribution in [2.75, 3.05) is 12.4 Å². The first-order chi connectivity index (χ1) is 8.69. The normalized spacial score (nSPS) is 10.1. The first-order valence-corrected chi connectivity index (χ1v) is 6.68. The molecule has 0 fully saturated rings. The molecule has 0 atom stereocenters. The van der Waals surface area contributed by atoms with E-state index in [4.69, 9.17) is 0 Å². The van der Waals surface area contributed by atoms with Crippen LogP contribution in [0.25, 0.3) is 0 Å². The van der Waals surface area contributed by atoms with E-state index in [1.165, 1.54) is 13.3 Å². The van der Waals surface area contributed by atoms with Crippen LogP contribution in [0.5, 0.6) is 0 Å². The smallest absolute Gasteiger partial charge is 0.358 e. The fourth-order valence-corrected chi connectivity index (χ4v) is 2.70. The molecule has 0 unspecified atom stereocenters. The number of halogens is 1. The predicted octanol–water partition coefficient (Wildman–Crippen LogP) is 2.70. The second-order valence-electron chi connectivity index (χ2n) is 3.34. The Morgan fingerprint density at radius 3 is 3.00 bits per heavy atom. The van der Waals surface area contributed by atoms with Gasteiger partial charge in [0.1, 0.15) is 5.82 Å². The maximum absolute atomic E-state index is 11.3. The number of rotatable bonds is 4. The Labute approximate surface area is 116 Å². The van der Waals surface area contributed by atoms with Crippen LogP contribution in [0.1, 0.15) is 15.4 Å². The molecule has 0 aliphatic rings. The quantitative estimate of drug-likeness (QED) is 0.875. The van der Waals surface area contributed by atoms with Crippen molar-refractivity contribution in [3.05, 3.63) is 38.9 Å². The number of ether oxygens (including phenoxy) is 1. The third kappa shape index (κ3) is 3.27. The number of thiophene rings is 1. The summed E-state index contributed by atoms with van der Waals surface area (Å²) >= 11 is 5.04. The lowest BCUT2D eigenvalue weighted by Gasteiger charge is -2.04. The van der Waals surface area contributed by atoms with E-state index in [2.05, 4.69) is 36.0 Å². The number of carbonyl (C=O) groups excluding carboxylic acids is 1. The number of hydrogen-bond acceptors (Lipinski definition) is 6. The third-order valence-corrected chi connectivity index (χ3v) is 3.73. The lowest BCUT2D eigenvalue weighted by atomic mass is 10.4. The molecule has 0 saturated heterocycles. The van der Waals surface area contributed by atoms with Crippen molar-refractivity contribution < 1.29 is 9.53 Å². The molecule has 94 valence electrons. The molecule has 0 aromatic carbocycles. The molecule has 0 saturated carbocycles. The molecule has 2 aromatic rings. The average molecular weight is 328 g/mol. The first-order valence-electron chi connectivity index (χ1n) is 5.07. The van der Waals surface area contributed by atoms with E-state index in [1.807, 2.05) is 12.1 Å². The van der Waals surface area contributed by atoms with Gasteiger partial charge in [0.2, 0.25) is 0 Å². The van der Waals surface area contributed by atoms with Crippen molar-refractivity contribution in [3.8, 4) is 0 Å². The summed E-state index contributed by atoms with van der Waals surface area (Å²) in [5, 5.41) is 3.10. The number of methoxy groups -OCH3 is 1. The second-order valence-corrected chi connectivity index (χ2v) is 5.89. The number of hydrogen-bond donors (Lipinski definition) is 1. The third-order valence-electron chi connectivity index (χ3n) is 2.10. The fourth-order valence-electron chi connectivity index (χ4n) is 1.28. The van der Waals surface area contributed by atoms with Gasteiger partial charge in [-0.3, -0.25) is 4.98 Å². The number of esters is 1. The summed E-state index contributed by atoms with van der Waals surface area (Å²) < 4.78 is 5.66. The van der Waals surface area contributed by atoms with Crippen LogP contribution in [0.3, 0.4) is 0 Å². The topological polar surface area (TPSA) is 64.1 Å². The highest BCUT2D eigenvalue weighted by molar-refractivity contribution is 9.11. The Kier molecular flexibility index (Phi) is 4.27. The van der Waals surface area contributed by atoms with Gasteiger partial charge in [0.15, 0.2) is 5.69 Å². The standard InChI is InChI=1S/C11H10BrN3O2S/c1-17-11(16)8-5-13-6-10(15-8)14-4-7-2-3-9(12)18-7/h2-3,5-6H,4H2,1H3,(H,14,15). The lowest BCUT2D eigenvalue weighted by molar-refractivity contribution is 0.0593. The van der Waals surface area contributed by atoms with Gasteiger partial charge in [0, 0.05) is 4.88 Å². The molecule has 2 heterocycles. The predicted molar refractivity (Wildman–Crippen MR) is 72.7 cm³/mol. The number of aromatic nitrogens is 2. The summed E-state index contributed by atoms with van der Waals surface area (Å²) in [5.41, 5.74) is 0.190. The van der Waals surface area contributed by atoms with Gasteiger partial charge in [-0.15, -0.1) is 11.3 Å². The summed E-state index contributed by atoms with van der Waals surface area (Å²) in [6.45, 7) is 0.634. The maximum atomic E-state index is 11.3. The molecule has 5 nitrogen and oxygen atoms in total. The Morgan fingerprint density at radius 2 is 2.33 bits per heavy atom. The minimum Gasteiger partial charge on any atom is -0.464 e. The molecule has 0 radical (unpaired) electrons. The Hall–Kier alpha value is -1.47. The van der Waals surface area contributed by atoms with E-state index in [0.29, 0.717) is 12.4 Å². The van der Waals surface area contributed by atoms with Crippen LogP contribution < -0.4 is 5.32 Å². The van der Waals surface area contributed by atoms with Crippen LogP contribution in [0.15, 0.2) is 28.3 Å². The SMILES string of the molecule is COC(=O)c1cncc(NCc2ccc(Br)s2)n1. The molecular weight excluding hydrogens is 318 g/mol. The van der Waals surface area contributed by atoms with Crippen molar-refractivity contribution in [3.63, 3.8) is 0 Å². The summed E-state index contributed by atoms with van der Waals surface area (Å²) in [5.74, 6) is 0.0486. The molecule has 0 aliphatic carbocycles. The largest absolute Gasteiger partial charge is 0.464 e. The molecule has 7 heteroatoms.